The van der Waals surface area contributed by atoms with Crippen molar-refractivity contribution in [3.8, 4) is 0 Å². The van der Waals surface area contributed by atoms with E-state index in [1.165, 1.54) is 0 Å². The lowest BCUT2D eigenvalue weighted by Crippen LogP contribution is -2.27. The van der Waals surface area contributed by atoms with Crippen molar-refractivity contribution in [2.24, 2.45) is 5.92 Å². The lowest BCUT2D eigenvalue weighted by molar-refractivity contribution is -0.125. The standard InChI is InChI=1S/C13H13F2NO2/c14-9-3-6-11(15)12(7-9)16-13(18)8-1-4-10(17)5-2-8/h3,6-8H,1-2,4-5H2,(H,16,18). The molecule has 0 aromatic heterocycles. The predicted octanol–water partition coefficient (Wildman–Crippen LogP) is 2.66. The van der Waals surface area contributed by atoms with Crippen LogP contribution < -0.4 is 5.32 Å². The van der Waals surface area contributed by atoms with Crippen LogP contribution in [0.4, 0.5) is 14.5 Å². The summed E-state index contributed by atoms with van der Waals surface area (Å²) < 4.78 is 26.3. The summed E-state index contributed by atoms with van der Waals surface area (Å²) in [5, 5.41) is 2.37. The number of anilines is 1. The van der Waals surface area contributed by atoms with E-state index in [2.05, 4.69) is 5.32 Å². The second-order valence-electron chi connectivity index (χ2n) is 4.43. The van der Waals surface area contributed by atoms with Gasteiger partial charge in [-0.05, 0) is 25.0 Å². The van der Waals surface area contributed by atoms with Gasteiger partial charge in [0.2, 0.25) is 5.91 Å². The molecule has 0 unspecified atom stereocenters. The number of nitrogens with one attached hydrogen (secondary N) is 1. The highest BCUT2D eigenvalue weighted by molar-refractivity contribution is 5.94. The summed E-state index contributed by atoms with van der Waals surface area (Å²) >= 11 is 0. The molecule has 0 bridgehead atoms. The van der Waals surface area contributed by atoms with E-state index in [9.17, 15) is 18.4 Å². The summed E-state index contributed by atoms with van der Waals surface area (Å²) in [5.74, 6) is -1.78. The van der Waals surface area contributed by atoms with Crippen molar-refractivity contribution in [1.29, 1.82) is 0 Å². The van der Waals surface area contributed by atoms with Crippen molar-refractivity contribution in [1.82, 2.24) is 0 Å². The Labute approximate surface area is 103 Å². The first kappa shape index (κ1) is 12.7. The third-order valence-corrected chi connectivity index (χ3v) is 3.10. The molecule has 1 aromatic carbocycles. The van der Waals surface area contributed by atoms with Crippen molar-refractivity contribution in [2.45, 2.75) is 25.7 Å². The predicted molar refractivity (Wildman–Crippen MR) is 62.0 cm³/mol. The molecular formula is C13H13F2NO2. The van der Waals surface area contributed by atoms with Crippen LogP contribution in [0.5, 0.6) is 0 Å². The third-order valence-electron chi connectivity index (χ3n) is 3.10. The minimum absolute atomic E-state index is 0.149. The molecule has 0 saturated heterocycles. The Bertz CT molecular complexity index is 478. The molecule has 1 amide bonds. The van der Waals surface area contributed by atoms with E-state index in [1.807, 2.05) is 0 Å². The van der Waals surface area contributed by atoms with Crippen LogP contribution in [0.15, 0.2) is 18.2 Å². The SMILES string of the molecule is O=C1CCC(C(=O)Nc2cc(F)ccc2F)CC1. The zero-order valence-corrected chi connectivity index (χ0v) is 9.71. The Hall–Kier alpha value is -1.78. The second-order valence-corrected chi connectivity index (χ2v) is 4.43. The third kappa shape index (κ3) is 2.91. The summed E-state index contributed by atoms with van der Waals surface area (Å²) in [7, 11) is 0. The van der Waals surface area contributed by atoms with Gasteiger partial charge in [-0.2, -0.15) is 0 Å². The molecule has 1 N–H and O–H groups in total. The molecule has 0 radical (unpaired) electrons. The number of ketones is 1. The van der Waals surface area contributed by atoms with Gasteiger partial charge in [0.05, 0.1) is 5.69 Å². The summed E-state index contributed by atoms with van der Waals surface area (Å²) in [6.07, 6.45) is 1.71. The zero-order valence-electron chi connectivity index (χ0n) is 9.71. The van der Waals surface area contributed by atoms with Crippen LogP contribution in [0.2, 0.25) is 0 Å². The Morgan fingerprint density at radius 3 is 2.56 bits per heavy atom. The van der Waals surface area contributed by atoms with Crippen LogP contribution in [0, 0.1) is 17.6 Å². The average Bonchev–Trinajstić information content (AvgIpc) is 2.34. The van der Waals surface area contributed by atoms with Gasteiger partial charge < -0.3 is 5.32 Å². The van der Waals surface area contributed by atoms with Crippen molar-refractivity contribution in [2.75, 3.05) is 5.32 Å². The van der Waals surface area contributed by atoms with Crippen molar-refractivity contribution < 1.29 is 18.4 Å². The number of rotatable bonds is 2. The maximum absolute atomic E-state index is 13.3. The molecule has 18 heavy (non-hydrogen) atoms. The zero-order chi connectivity index (χ0) is 13.1. The van der Waals surface area contributed by atoms with E-state index in [1.54, 1.807) is 0 Å². The molecule has 1 fully saturated rings. The Balaban J connectivity index is 2.02. The summed E-state index contributed by atoms with van der Waals surface area (Å²) in [6.45, 7) is 0. The molecule has 1 saturated carbocycles. The van der Waals surface area contributed by atoms with E-state index in [-0.39, 0.29) is 23.3 Å². The van der Waals surface area contributed by atoms with Crippen molar-refractivity contribution in [3.63, 3.8) is 0 Å². The van der Waals surface area contributed by atoms with Gasteiger partial charge in [0.1, 0.15) is 17.4 Å². The molecule has 1 aliphatic carbocycles. The van der Waals surface area contributed by atoms with E-state index in [0.29, 0.717) is 25.7 Å². The van der Waals surface area contributed by atoms with Crippen LogP contribution in [0.3, 0.4) is 0 Å². The fourth-order valence-corrected chi connectivity index (χ4v) is 2.03. The van der Waals surface area contributed by atoms with Crippen LogP contribution in [0.1, 0.15) is 25.7 Å². The van der Waals surface area contributed by atoms with Gasteiger partial charge in [0.25, 0.3) is 0 Å². The van der Waals surface area contributed by atoms with Gasteiger partial charge >= 0.3 is 0 Å². The number of carbonyl (C=O) groups is 2. The highest BCUT2D eigenvalue weighted by Crippen LogP contribution is 2.24. The van der Waals surface area contributed by atoms with E-state index in [0.717, 1.165) is 18.2 Å². The highest BCUT2D eigenvalue weighted by atomic mass is 19.1. The summed E-state index contributed by atoms with van der Waals surface area (Å²) in [6, 6.07) is 2.90. The molecule has 1 aliphatic rings. The minimum atomic E-state index is -0.670. The maximum Gasteiger partial charge on any atom is 0.227 e. The smallest absolute Gasteiger partial charge is 0.227 e. The van der Waals surface area contributed by atoms with E-state index < -0.39 is 11.6 Å². The molecule has 5 heteroatoms. The minimum Gasteiger partial charge on any atom is -0.323 e. The molecular weight excluding hydrogens is 240 g/mol. The summed E-state index contributed by atoms with van der Waals surface area (Å²) in [4.78, 5) is 22.9. The van der Waals surface area contributed by atoms with Crippen LogP contribution in [0.25, 0.3) is 0 Å². The van der Waals surface area contributed by atoms with Crippen LogP contribution >= 0.6 is 0 Å². The molecule has 96 valence electrons. The fourth-order valence-electron chi connectivity index (χ4n) is 2.03. The molecule has 0 atom stereocenters. The lowest BCUT2D eigenvalue weighted by atomic mass is 9.88. The Kier molecular flexibility index (Phi) is 3.69. The molecule has 3 nitrogen and oxygen atoms in total. The number of carbonyl (C=O) groups excluding carboxylic acids is 2. The van der Waals surface area contributed by atoms with Gasteiger partial charge in [-0.15, -0.1) is 0 Å². The normalized spacial score (nSPS) is 16.7. The number of hydrogen-bond donors (Lipinski definition) is 1. The number of benzene rings is 1. The second kappa shape index (κ2) is 5.25. The van der Waals surface area contributed by atoms with Crippen LogP contribution in [-0.2, 0) is 9.59 Å². The van der Waals surface area contributed by atoms with E-state index >= 15 is 0 Å². The average molecular weight is 253 g/mol. The van der Waals surface area contributed by atoms with Crippen molar-refractivity contribution in [3.05, 3.63) is 29.8 Å². The topological polar surface area (TPSA) is 46.2 Å². The number of amides is 1. The van der Waals surface area contributed by atoms with Crippen LogP contribution in [-0.4, -0.2) is 11.7 Å². The molecule has 2 rings (SSSR count). The quantitative estimate of drug-likeness (QED) is 0.880. The first-order chi connectivity index (χ1) is 8.56. The Morgan fingerprint density at radius 2 is 1.89 bits per heavy atom. The Morgan fingerprint density at radius 1 is 1.22 bits per heavy atom. The maximum atomic E-state index is 13.3. The van der Waals surface area contributed by atoms with Gasteiger partial charge in [-0.3, -0.25) is 9.59 Å². The highest BCUT2D eigenvalue weighted by Gasteiger charge is 2.25. The van der Waals surface area contributed by atoms with E-state index in [4.69, 9.17) is 0 Å². The molecule has 0 spiro atoms. The van der Waals surface area contributed by atoms with Gasteiger partial charge in [-0.25, -0.2) is 8.78 Å². The largest absolute Gasteiger partial charge is 0.323 e. The monoisotopic (exact) mass is 253 g/mol. The fraction of sp³-hybridized carbons (Fsp3) is 0.385. The number of Topliss-reactive ketones (excluding diaryl/α,β-unsaturated/α-hetero) is 1. The number of hydrogen-bond acceptors (Lipinski definition) is 2. The first-order valence-corrected chi connectivity index (χ1v) is 5.84. The molecule has 0 aliphatic heterocycles. The lowest BCUT2D eigenvalue weighted by Gasteiger charge is -2.20. The summed E-state index contributed by atoms with van der Waals surface area (Å²) in [5.41, 5.74) is -0.156. The first-order valence-electron chi connectivity index (χ1n) is 5.84. The number of halogens is 2. The van der Waals surface area contributed by atoms with Gasteiger partial charge in [-0.1, -0.05) is 0 Å². The van der Waals surface area contributed by atoms with Crippen molar-refractivity contribution >= 4 is 17.4 Å². The van der Waals surface area contributed by atoms with Gasteiger partial charge in [0, 0.05) is 24.8 Å². The molecule has 0 heterocycles. The molecule has 1 aromatic rings. The van der Waals surface area contributed by atoms with Gasteiger partial charge in [0.15, 0.2) is 0 Å².